The first-order chi connectivity index (χ1) is 10.1. The van der Waals surface area contributed by atoms with Crippen molar-refractivity contribution in [3.8, 4) is 0 Å². The van der Waals surface area contributed by atoms with E-state index in [9.17, 15) is 9.18 Å². The van der Waals surface area contributed by atoms with E-state index >= 15 is 0 Å². The summed E-state index contributed by atoms with van der Waals surface area (Å²) in [5.41, 5.74) is 3.15. The molecule has 108 valence electrons. The molecule has 0 saturated heterocycles. The molecule has 1 heterocycles. The van der Waals surface area contributed by atoms with Gasteiger partial charge < -0.3 is 5.32 Å². The van der Waals surface area contributed by atoms with Crippen LogP contribution in [0.3, 0.4) is 0 Å². The Morgan fingerprint density at radius 2 is 1.95 bits per heavy atom. The minimum Gasteiger partial charge on any atom is -0.303 e. The van der Waals surface area contributed by atoms with Crippen molar-refractivity contribution in [3.05, 3.63) is 69.4 Å². The van der Waals surface area contributed by atoms with E-state index < -0.39 is 0 Å². The molecule has 4 heteroatoms. The normalized spacial score (nSPS) is 17.3. The number of hydrogen-bond acceptors (Lipinski definition) is 2. The maximum Gasteiger partial charge on any atom is 0.154 e. The third-order valence-electron chi connectivity index (χ3n) is 3.87. The highest BCUT2D eigenvalue weighted by Gasteiger charge is 2.24. The summed E-state index contributed by atoms with van der Waals surface area (Å²) >= 11 is 3.21. The topological polar surface area (TPSA) is 29.1 Å². The molecule has 1 N–H and O–H groups in total. The van der Waals surface area contributed by atoms with Gasteiger partial charge in [0.05, 0.1) is 10.5 Å². The van der Waals surface area contributed by atoms with Crippen LogP contribution in [0.15, 0.2) is 46.9 Å². The average Bonchev–Trinajstić information content (AvgIpc) is 2.51. The number of ketones is 1. The quantitative estimate of drug-likeness (QED) is 0.921. The van der Waals surface area contributed by atoms with Crippen LogP contribution < -0.4 is 5.32 Å². The van der Waals surface area contributed by atoms with Crippen molar-refractivity contribution >= 4 is 21.7 Å². The minimum atomic E-state index is -0.331. The van der Waals surface area contributed by atoms with Crippen LogP contribution in [0.5, 0.6) is 0 Å². The van der Waals surface area contributed by atoms with Gasteiger partial charge in [0.2, 0.25) is 0 Å². The molecule has 1 atom stereocenters. The first-order valence-corrected chi connectivity index (χ1v) is 7.70. The lowest BCUT2D eigenvalue weighted by Gasteiger charge is -2.25. The summed E-state index contributed by atoms with van der Waals surface area (Å²) in [6.07, 6.45) is 0.931. The van der Waals surface area contributed by atoms with Crippen molar-refractivity contribution in [1.82, 2.24) is 5.32 Å². The van der Waals surface area contributed by atoms with Crippen LogP contribution in [-0.4, -0.2) is 11.8 Å². The van der Waals surface area contributed by atoms with Gasteiger partial charge in [-0.15, -0.1) is 0 Å². The number of fused-ring (bicyclic) bond motifs is 1. The molecule has 0 bridgehead atoms. The molecule has 0 spiro atoms. The largest absolute Gasteiger partial charge is 0.303 e. The zero-order valence-electron chi connectivity index (χ0n) is 11.4. The molecule has 2 aromatic rings. The molecule has 1 aliphatic rings. The number of Topliss-reactive ketones (excluding diaryl/α,β-unsaturated/α-hetero) is 1. The number of rotatable bonds is 3. The molecule has 0 aliphatic carbocycles. The summed E-state index contributed by atoms with van der Waals surface area (Å²) in [7, 11) is 0. The van der Waals surface area contributed by atoms with Gasteiger partial charge in [-0.2, -0.15) is 0 Å². The van der Waals surface area contributed by atoms with E-state index in [1.807, 2.05) is 12.1 Å². The number of nitrogens with one attached hydrogen (secondary N) is 1. The lowest BCUT2D eigenvalue weighted by atomic mass is 9.91. The molecule has 1 unspecified atom stereocenters. The zero-order valence-corrected chi connectivity index (χ0v) is 13.0. The maximum absolute atomic E-state index is 13.5. The van der Waals surface area contributed by atoms with Gasteiger partial charge in [0.15, 0.2) is 5.78 Å². The van der Waals surface area contributed by atoms with Crippen molar-refractivity contribution in [2.24, 2.45) is 0 Å². The Bertz CT molecular complexity index is 686. The van der Waals surface area contributed by atoms with E-state index in [1.165, 1.54) is 17.2 Å². The summed E-state index contributed by atoms with van der Waals surface area (Å²) in [5, 5.41) is 3.27. The smallest absolute Gasteiger partial charge is 0.154 e. The molecule has 0 aromatic heterocycles. The summed E-state index contributed by atoms with van der Waals surface area (Å²) in [6.45, 7) is 0.705. The van der Waals surface area contributed by atoms with Gasteiger partial charge in [-0.25, -0.2) is 4.39 Å². The fourth-order valence-electron chi connectivity index (χ4n) is 2.68. The molecule has 0 amide bonds. The van der Waals surface area contributed by atoms with Crippen LogP contribution in [0.25, 0.3) is 0 Å². The molecule has 1 aliphatic heterocycles. The molecule has 0 saturated carbocycles. The standard InChI is InChI=1S/C17H15BrFNO/c18-17-12(6-3-7-14(17)19)9-16(21)15-8-11-4-1-2-5-13(11)10-20-15/h1-7,15,20H,8-10H2. The number of hydrogen-bond donors (Lipinski definition) is 1. The first-order valence-electron chi connectivity index (χ1n) is 6.91. The van der Waals surface area contributed by atoms with Crippen LogP contribution in [0.4, 0.5) is 4.39 Å². The summed E-state index contributed by atoms with van der Waals surface area (Å²) in [5.74, 6) is -0.238. The first kappa shape index (κ1) is 14.4. The summed E-state index contributed by atoms with van der Waals surface area (Å²) in [4.78, 5) is 12.4. The lowest BCUT2D eigenvalue weighted by molar-refractivity contribution is -0.120. The number of benzene rings is 2. The van der Waals surface area contributed by atoms with E-state index in [1.54, 1.807) is 12.1 Å². The maximum atomic E-state index is 13.5. The predicted octanol–water partition coefficient (Wildman–Crippen LogP) is 3.41. The highest BCUT2D eigenvalue weighted by atomic mass is 79.9. The third kappa shape index (κ3) is 3.06. The lowest BCUT2D eigenvalue weighted by Crippen LogP contribution is -2.42. The number of halogens is 2. The Hall–Kier alpha value is -1.52. The predicted molar refractivity (Wildman–Crippen MR) is 83.6 cm³/mol. The average molecular weight is 348 g/mol. The summed E-state index contributed by atoms with van der Waals surface area (Å²) in [6, 6.07) is 12.7. The number of carbonyl (C=O) groups is 1. The van der Waals surface area contributed by atoms with Crippen LogP contribution >= 0.6 is 15.9 Å². The second-order valence-corrected chi connectivity index (χ2v) is 6.06. The van der Waals surface area contributed by atoms with Gasteiger partial charge >= 0.3 is 0 Å². The Morgan fingerprint density at radius 1 is 1.19 bits per heavy atom. The monoisotopic (exact) mass is 347 g/mol. The SMILES string of the molecule is O=C(Cc1cccc(F)c1Br)C1Cc2ccccc2CN1. The van der Waals surface area contributed by atoms with Gasteiger partial charge in [-0.05, 0) is 45.1 Å². The van der Waals surface area contributed by atoms with Crippen molar-refractivity contribution in [3.63, 3.8) is 0 Å². The van der Waals surface area contributed by atoms with E-state index in [0.29, 0.717) is 23.0 Å². The summed E-state index contributed by atoms with van der Waals surface area (Å²) < 4.78 is 13.9. The van der Waals surface area contributed by atoms with Crippen LogP contribution in [0.2, 0.25) is 0 Å². The highest BCUT2D eigenvalue weighted by molar-refractivity contribution is 9.10. The molecule has 2 nitrogen and oxygen atoms in total. The molecule has 3 rings (SSSR count). The Balaban J connectivity index is 1.74. The van der Waals surface area contributed by atoms with E-state index in [0.717, 1.165) is 0 Å². The fourth-order valence-corrected chi connectivity index (χ4v) is 3.08. The minimum absolute atomic E-state index is 0.0933. The van der Waals surface area contributed by atoms with Gasteiger partial charge in [0, 0.05) is 13.0 Å². The Kier molecular flexibility index (Phi) is 4.17. The van der Waals surface area contributed by atoms with Crippen molar-refractivity contribution in [1.29, 1.82) is 0 Å². The molecule has 2 aromatic carbocycles. The molecular weight excluding hydrogens is 333 g/mol. The fraction of sp³-hybridized carbons (Fsp3) is 0.235. The number of carbonyl (C=O) groups excluding carboxylic acids is 1. The van der Waals surface area contributed by atoms with Crippen molar-refractivity contribution in [2.75, 3.05) is 0 Å². The van der Waals surface area contributed by atoms with E-state index in [-0.39, 0.29) is 24.1 Å². The second-order valence-electron chi connectivity index (χ2n) is 5.26. The van der Waals surface area contributed by atoms with Crippen molar-refractivity contribution in [2.45, 2.75) is 25.4 Å². The van der Waals surface area contributed by atoms with Crippen LogP contribution in [0.1, 0.15) is 16.7 Å². The Labute approximate surface area is 131 Å². The van der Waals surface area contributed by atoms with Gasteiger partial charge in [-0.3, -0.25) is 4.79 Å². The molecular formula is C17H15BrFNO. The highest BCUT2D eigenvalue weighted by Crippen LogP contribution is 2.23. The molecule has 0 fully saturated rings. The van der Waals surface area contributed by atoms with Gasteiger partial charge in [-0.1, -0.05) is 36.4 Å². The van der Waals surface area contributed by atoms with Crippen LogP contribution in [0, 0.1) is 5.82 Å². The second kappa shape index (κ2) is 6.08. The van der Waals surface area contributed by atoms with Crippen molar-refractivity contribution < 1.29 is 9.18 Å². The Morgan fingerprint density at radius 3 is 2.76 bits per heavy atom. The third-order valence-corrected chi connectivity index (χ3v) is 4.75. The zero-order chi connectivity index (χ0) is 14.8. The van der Waals surface area contributed by atoms with E-state index in [4.69, 9.17) is 0 Å². The van der Waals surface area contributed by atoms with Crippen LogP contribution in [-0.2, 0) is 24.2 Å². The van der Waals surface area contributed by atoms with Gasteiger partial charge in [0.1, 0.15) is 5.82 Å². The van der Waals surface area contributed by atoms with E-state index in [2.05, 4.69) is 33.4 Å². The molecule has 0 radical (unpaired) electrons. The van der Waals surface area contributed by atoms with Gasteiger partial charge in [0.25, 0.3) is 0 Å². The molecule has 21 heavy (non-hydrogen) atoms.